The number of hydrogen-bond donors (Lipinski definition) is 1. The highest BCUT2D eigenvalue weighted by Gasteiger charge is 2.44. The normalized spacial score (nSPS) is 19.6. The fourth-order valence-corrected chi connectivity index (χ4v) is 5.02. The van der Waals surface area contributed by atoms with Crippen LogP contribution < -0.4 is 29.0 Å². The fraction of sp³-hybridized carbons (Fsp3) is 0.480. The van der Waals surface area contributed by atoms with Crippen molar-refractivity contribution in [1.29, 1.82) is 0 Å². The van der Waals surface area contributed by atoms with E-state index in [1.807, 2.05) is 12.1 Å². The average molecular weight is 524 g/mol. The van der Waals surface area contributed by atoms with Crippen molar-refractivity contribution in [3.8, 4) is 28.7 Å². The molecule has 1 fully saturated rings. The first-order valence-corrected chi connectivity index (χ1v) is 13.1. The van der Waals surface area contributed by atoms with E-state index in [0.29, 0.717) is 47.9 Å². The zero-order valence-electron chi connectivity index (χ0n) is 21.4. The fourth-order valence-electron chi connectivity index (χ4n) is 4.63. The van der Waals surface area contributed by atoms with Crippen LogP contribution in [-0.2, 0) is 19.7 Å². The quantitative estimate of drug-likeness (QED) is 0.328. The van der Waals surface area contributed by atoms with Gasteiger partial charge >= 0.3 is 0 Å². The molecule has 1 saturated heterocycles. The van der Waals surface area contributed by atoms with Gasteiger partial charge in [0, 0.05) is 12.0 Å². The van der Waals surface area contributed by atoms with Gasteiger partial charge in [-0.05, 0) is 42.7 Å². The molecule has 0 amide bonds. The lowest BCUT2D eigenvalue weighted by molar-refractivity contribution is 0.0944. The maximum Gasteiger partial charge on any atom is 0.264 e. The Labute approximate surface area is 211 Å². The number of Topliss-reactive ketones (excluding diaryl/α,β-unsaturated/α-hetero) is 1. The van der Waals surface area contributed by atoms with Crippen LogP contribution in [0.3, 0.4) is 0 Å². The Hall–Kier alpha value is -3.02. The van der Waals surface area contributed by atoms with Crippen LogP contribution in [0, 0.1) is 0 Å². The number of benzene rings is 2. The summed E-state index contributed by atoms with van der Waals surface area (Å²) in [5.41, 5.74) is 0.622. The van der Waals surface area contributed by atoms with Gasteiger partial charge in [-0.3, -0.25) is 8.98 Å². The van der Waals surface area contributed by atoms with Crippen molar-refractivity contribution in [2.24, 2.45) is 0 Å². The molecule has 1 N–H and O–H groups in total. The SMILES string of the molecule is COc1ccc(C2(CCOS(C)(=O)=O)CNC(C(=O)c3ccc(OC)c(OC)c3OC)C2)cc1OC. The Kier molecular flexibility index (Phi) is 8.70. The number of carbonyl (C=O) groups is 1. The van der Waals surface area contributed by atoms with Crippen molar-refractivity contribution in [2.45, 2.75) is 24.3 Å². The predicted octanol–water partition coefficient (Wildman–Crippen LogP) is 2.58. The van der Waals surface area contributed by atoms with Gasteiger partial charge in [0.25, 0.3) is 10.1 Å². The molecular formula is C25H33NO9S. The number of hydrogen-bond acceptors (Lipinski definition) is 10. The van der Waals surface area contributed by atoms with Crippen molar-refractivity contribution < 1.29 is 41.1 Å². The van der Waals surface area contributed by atoms with Crippen LogP contribution in [0.15, 0.2) is 30.3 Å². The topological polar surface area (TPSA) is 119 Å². The zero-order valence-corrected chi connectivity index (χ0v) is 22.2. The smallest absolute Gasteiger partial charge is 0.264 e. The molecule has 2 unspecified atom stereocenters. The summed E-state index contributed by atoms with van der Waals surface area (Å²) < 4.78 is 55.4. The number of methoxy groups -OCH3 is 5. The molecule has 0 saturated carbocycles. The highest BCUT2D eigenvalue weighted by Crippen LogP contribution is 2.44. The van der Waals surface area contributed by atoms with E-state index in [1.165, 1.54) is 21.3 Å². The molecule has 0 aromatic heterocycles. The molecular weight excluding hydrogens is 490 g/mol. The maximum absolute atomic E-state index is 13.7. The van der Waals surface area contributed by atoms with Gasteiger partial charge in [0.2, 0.25) is 5.75 Å². The third kappa shape index (κ3) is 5.69. The molecule has 11 heteroatoms. The third-order valence-electron chi connectivity index (χ3n) is 6.44. The van der Waals surface area contributed by atoms with E-state index in [2.05, 4.69) is 5.32 Å². The Morgan fingerprint density at radius 3 is 2.14 bits per heavy atom. The van der Waals surface area contributed by atoms with E-state index < -0.39 is 21.6 Å². The van der Waals surface area contributed by atoms with E-state index in [9.17, 15) is 13.2 Å². The largest absolute Gasteiger partial charge is 0.493 e. The number of nitrogens with one attached hydrogen (secondary N) is 1. The summed E-state index contributed by atoms with van der Waals surface area (Å²) in [4.78, 5) is 13.7. The second-order valence-corrected chi connectivity index (χ2v) is 10.2. The summed E-state index contributed by atoms with van der Waals surface area (Å²) in [6, 6.07) is 8.28. The van der Waals surface area contributed by atoms with E-state index in [-0.39, 0.29) is 18.1 Å². The van der Waals surface area contributed by atoms with Gasteiger partial charge in [-0.15, -0.1) is 0 Å². The standard InChI is InChI=1S/C25H33NO9S/c1-30-19-9-7-16(13-21(19)32-3)25(11-12-35-36(6,28)29)14-18(26-15-25)22(27)17-8-10-20(31-2)24(34-5)23(17)33-4/h7-10,13,18,26H,11-12,14-15H2,1-6H3. The molecule has 2 aromatic carbocycles. The summed E-state index contributed by atoms with van der Waals surface area (Å²) in [7, 11) is 3.93. The van der Waals surface area contributed by atoms with Gasteiger partial charge in [0.1, 0.15) is 0 Å². The molecule has 3 rings (SSSR count). The highest BCUT2D eigenvalue weighted by atomic mass is 32.2. The van der Waals surface area contributed by atoms with E-state index in [4.69, 9.17) is 27.9 Å². The molecule has 0 spiro atoms. The lowest BCUT2D eigenvalue weighted by atomic mass is 9.75. The van der Waals surface area contributed by atoms with Crippen LogP contribution in [0.2, 0.25) is 0 Å². The first kappa shape index (κ1) is 27.6. The lowest BCUT2D eigenvalue weighted by Gasteiger charge is -2.29. The zero-order chi connectivity index (χ0) is 26.5. The van der Waals surface area contributed by atoms with Gasteiger partial charge in [0.15, 0.2) is 28.8 Å². The number of rotatable bonds is 12. The Balaban J connectivity index is 1.98. The molecule has 10 nitrogen and oxygen atoms in total. The molecule has 2 aromatic rings. The van der Waals surface area contributed by atoms with Crippen LogP contribution in [0.4, 0.5) is 0 Å². The van der Waals surface area contributed by atoms with Crippen LogP contribution in [0.1, 0.15) is 28.8 Å². The minimum atomic E-state index is -3.62. The first-order valence-electron chi connectivity index (χ1n) is 11.3. The van der Waals surface area contributed by atoms with Crippen LogP contribution in [0.25, 0.3) is 0 Å². The van der Waals surface area contributed by atoms with Gasteiger partial charge < -0.3 is 29.0 Å². The number of ketones is 1. The van der Waals surface area contributed by atoms with E-state index in [0.717, 1.165) is 11.8 Å². The summed E-state index contributed by atoms with van der Waals surface area (Å²) >= 11 is 0. The Bertz CT molecular complexity index is 1200. The molecule has 1 heterocycles. The lowest BCUT2D eigenvalue weighted by Crippen LogP contribution is -2.31. The van der Waals surface area contributed by atoms with Crippen molar-refractivity contribution in [3.05, 3.63) is 41.5 Å². The second-order valence-electron chi connectivity index (χ2n) is 8.51. The number of carbonyl (C=O) groups excluding carboxylic acids is 1. The Morgan fingerprint density at radius 2 is 1.56 bits per heavy atom. The second kappa shape index (κ2) is 11.4. The van der Waals surface area contributed by atoms with Gasteiger partial charge in [-0.1, -0.05) is 6.07 Å². The highest BCUT2D eigenvalue weighted by molar-refractivity contribution is 7.85. The van der Waals surface area contributed by atoms with Crippen molar-refractivity contribution in [1.82, 2.24) is 5.32 Å². The monoisotopic (exact) mass is 523 g/mol. The molecule has 0 radical (unpaired) electrons. The van der Waals surface area contributed by atoms with Crippen molar-refractivity contribution >= 4 is 15.9 Å². The summed E-state index contributed by atoms with van der Waals surface area (Å²) in [6.45, 7) is 0.386. The summed E-state index contributed by atoms with van der Waals surface area (Å²) in [5, 5.41) is 3.32. The van der Waals surface area contributed by atoms with E-state index >= 15 is 0 Å². The third-order valence-corrected chi connectivity index (χ3v) is 7.04. The van der Waals surface area contributed by atoms with Crippen LogP contribution >= 0.6 is 0 Å². The molecule has 198 valence electrons. The summed E-state index contributed by atoms with van der Waals surface area (Å²) in [6.07, 6.45) is 1.76. The van der Waals surface area contributed by atoms with Crippen LogP contribution in [0.5, 0.6) is 28.7 Å². The first-order chi connectivity index (χ1) is 17.1. The maximum atomic E-state index is 13.7. The molecule has 2 atom stereocenters. The van der Waals surface area contributed by atoms with E-state index in [1.54, 1.807) is 32.4 Å². The van der Waals surface area contributed by atoms with Gasteiger partial charge in [-0.2, -0.15) is 8.42 Å². The van der Waals surface area contributed by atoms with Gasteiger partial charge in [0.05, 0.1) is 60.0 Å². The van der Waals surface area contributed by atoms with Crippen molar-refractivity contribution in [2.75, 3.05) is 55.0 Å². The average Bonchev–Trinajstić information content (AvgIpc) is 3.31. The van der Waals surface area contributed by atoms with Crippen LogP contribution in [-0.4, -0.2) is 75.2 Å². The minimum absolute atomic E-state index is 0.0323. The molecule has 36 heavy (non-hydrogen) atoms. The summed E-state index contributed by atoms with van der Waals surface area (Å²) in [5.74, 6) is 1.98. The molecule has 0 aliphatic carbocycles. The molecule has 0 bridgehead atoms. The number of ether oxygens (including phenoxy) is 5. The minimum Gasteiger partial charge on any atom is -0.493 e. The Morgan fingerprint density at radius 1 is 0.917 bits per heavy atom. The van der Waals surface area contributed by atoms with Crippen molar-refractivity contribution in [3.63, 3.8) is 0 Å². The molecule has 1 aliphatic rings. The van der Waals surface area contributed by atoms with Gasteiger partial charge in [-0.25, -0.2) is 0 Å². The molecule has 1 aliphatic heterocycles. The predicted molar refractivity (Wildman–Crippen MR) is 133 cm³/mol.